The zero-order chi connectivity index (χ0) is 27.2. The van der Waals surface area contributed by atoms with Crippen LogP contribution in [0.15, 0.2) is 55.1 Å². The molecular weight excluding hydrogens is 531 g/mol. The van der Waals surface area contributed by atoms with Gasteiger partial charge in [0.1, 0.15) is 28.0 Å². The predicted octanol–water partition coefficient (Wildman–Crippen LogP) is 9.25. The maximum Gasteiger partial charge on any atom is 0.432 e. The first-order chi connectivity index (χ1) is 18.1. The molecule has 0 radical (unpaired) electrons. The van der Waals surface area contributed by atoms with Crippen LogP contribution in [-0.2, 0) is 6.11 Å². The number of fused-ring (bicyclic) bond motifs is 1. The van der Waals surface area contributed by atoms with E-state index in [4.69, 9.17) is 0 Å². The van der Waals surface area contributed by atoms with Gasteiger partial charge in [-0.1, -0.05) is 12.1 Å². The summed E-state index contributed by atoms with van der Waals surface area (Å²) in [5.41, 5.74) is -0.0709. The van der Waals surface area contributed by atoms with Crippen LogP contribution in [0, 0.1) is 35.0 Å². The molecule has 0 bridgehead atoms. The SMILES string of the molecule is C=CC1CCC(c2ccc3nc(-c4cc(F)c(C(F)(F)Oc5cc(F)c(F)c(F)c5)c(F)c4)sc3c2)CC1. The summed E-state index contributed by atoms with van der Waals surface area (Å²) in [4.78, 5) is 4.40. The molecule has 38 heavy (non-hydrogen) atoms. The van der Waals surface area contributed by atoms with E-state index in [9.17, 15) is 30.7 Å². The number of thiazole rings is 1. The van der Waals surface area contributed by atoms with Crippen molar-refractivity contribution in [1.82, 2.24) is 4.98 Å². The van der Waals surface area contributed by atoms with Gasteiger partial charge in [0, 0.05) is 17.7 Å². The molecule has 4 aromatic rings. The van der Waals surface area contributed by atoms with Crippen molar-refractivity contribution < 1.29 is 35.5 Å². The second kappa shape index (κ2) is 10.1. The summed E-state index contributed by atoms with van der Waals surface area (Å²) < 4.78 is 104. The van der Waals surface area contributed by atoms with E-state index in [1.807, 2.05) is 24.3 Å². The lowest BCUT2D eigenvalue weighted by molar-refractivity contribution is -0.189. The third-order valence-electron chi connectivity index (χ3n) is 6.77. The molecule has 0 spiro atoms. The van der Waals surface area contributed by atoms with Gasteiger partial charge in [0.2, 0.25) is 0 Å². The molecule has 1 aromatic heterocycles. The number of aromatic nitrogens is 1. The van der Waals surface area contributed by atoms with Crippen molar-refractivity contribution in [2.75, 3.05) is 0 Å². The molecule has 1 aliphatic rings. The summed E-state index contributed by atoms with van der Waals surface area (Å²) in [6, 6.07) is 7.49. The monoisotopic (exact) mass is 551 g/mol. The predicted molar refractivity (Wildman–Crippen MR) is 131 cm³/mol. The Bertz CT molecular complexity index is 1480. The smallest absolute Gasteiger partial charge is 0.429 e. The first-order valence-electron chi connectivity index (χ1n) is 11.8. The van der Waals surface area contributed by atoms with E-state index in [1.165, 1.54) is 11.3 Å². The molecule has 1 fully saturated rings. The molecular formula is C28H20F7NOS. The largest absolute Gasteiger partial charge is 0.432 e. The summed E-state index contributed by atoms with van der Waals surface area (Å²) >= 11 is 1.17. The van der Waals surface area contributed by atoms with E-state index in [1.54, 1.807) is 0 Å². The van der Waals surface area contributed by atoms with Gasteiger partial charge in [0.25, 0.3) is 0 Å². The fraction of sp³-hybridized carbons (Fsp3) is 0.250. The lowest BCUT2D eigenvalue weighted by Gasteiger charge is -2.26. The molecule has 0 aliphatic heterocycles. The van der Waals surface area contributed by atoms with E-state index in [-0.39, 0.29) is 22.7 Å². The number of rotatable bonds is 6. The van der Waals surface area contributed by atoms with Crippen molar-refractivity contribution in [2.24, 2.45) is 5.92 Å². The number of allylic oxidation sites excluding steroid dienone is 1. The zero-order valence-electron chi connectivity index (χ0n) is 19.7. The van der Waals surface area contributed by atoms with Gasteiger partial charge in [-0.15, -0.1) is 17.9 Å². The molecule has 1 saturated carbocycles. The highest BCUT2D eigenvalue weighted by Crippen LogP contribution is 2.41. The molecule has 3 aromatic carbocycles. The number of hydrogen-bond acceptors (Lipinski definition) is 3. The molecule has 2 nitrogen and oxygen atoms in total. The van der Waals surface area contributed by atoms with Gasteiger partial charge in [0.15, 0.2) is 17.5 Å². The van der Waals surface area contributed by atoms with Gasteiger partial charge in [-0.25, -0.2) is 26.9 Å². The van der Waals surface area contributed by atoms with Crippen molar-refractivity contribution >= 4 is 21.6 Å². The minimum Gasteiger partial charge on any atom is -0.429 e. The first kappa shape index (κ1) is 26.2. The molecule has 0 N–H and O–H groups in total. The number of hydrogen-bond donors (Lipinski definition) is 0. The van der Waals surface area contributed by atoms with E-state index < -0.39 is 46.5 Å². The second-order valence-corrected chi connectivity index (χ2v) is 10.3. The average Bonchev–Trinajstić information content (AvgIpc) is 3.30. The highest BCUT2D eigenvalue weighted by atomic mass is 32.1. The fourth-order valence-electron chi connectivity index (χ4n) is 4.77. The highest BCUT2D eigenvalue weighted by molar-refractivity contribution is 7.21. The lowest BCUT2D eigenvalue weighted by atomic mass is 9.79. The maximum absolute atomic E-state index is 14.8. The Morgan fingerprint density at radius 1 is 0.868 bits per heavy atom. The van der Waals surface area contributed by atoms with Crippen LogP contribution >= 0.6 is 11.3 Å². The average molecular weight is 552 g/mol. The van der Waals surface area contributed by atoms with Crippen LogP contribution in [-0.4, -0.2) is 4.98 Å². The van der Waals surface area contributed by atoms with Crippen LogP contribution in [0.1, 0.15) is 42.7 Å². The van der Waals surface area contributed by atoms with Gasteiger partial charge in [0.05, 0.1) is 10.2 Å². The quantitative estimate of drug-likeness (QED) is 0.135. The third kappa shape index (κ3) is 5.01. The standard InChI is InChI=1S/C28H20F7NOS/c1-2-14-3-5-15(6-4-14)16-7-8-23-24(11-16)38-27(36-23)17-9-19(29)25(20(30)10-17)28(34,35)37-18-12-21(31)26(33)22(32)13-18/h2,7-15H,1,3-6H2. The van der Waals surface area contributed by atoms with E-state index >= 15 is 0 Å². The Hall–Kier alpha value is -3.40. The Kier molecular flexibility index (Phi) is 6.94. The van der Waals surface area contributed by atoms with Crippen LogP contribution in [0.3, 0.4) is 0 Å². The first-order valence-corrected chi connectivity index (χ1v) is 12.6. The van der Waals surface area contributed by atoms with Crippen molar-refractivity contribution in [3.05, 3.63) is 95.3 Å². The topological polar surface area (TPSA) is 22.1 Å². The third-order valence-corrected chi connectivity index (χ3v) is 7.84. The Morgan fingerprint density at radius 2 is 1.50 bits per heavy atom. The molecule has 5 rings (SSSR count). The van der Waals surface area contributed by atoms with E-state index in [2.05, 4.69) is 16.3 Å². The summed E-state index contributed by atoms with van der Waals surface area (Å²) in [5.74, 6) is -9.01. The molecule has 0 saturated heterocycles. The molecule has 198 valence electrons. The van der Waals surface area contributed by atoms with Crippen molar-refractivity contribution in [2.45, 2.75) is 37.7 Å². The molecule has 0 amide bonds. The van der Waals surface area contributed by atoms with Crippen molar-refractivity contribution in [3.8, 4) is 16.3 Å². The summed E-state index contributed by atoms with van der Waals surface area (Å²) in [6.07, 6.45) is 1.51. The Morgan fingerprint density at radius 3 is 2.11 bits per heavy atom. The van der Waals surface area contributed by atoms with E-state index in [0.29, 0.717) is 29.5 Å². The maximum atomic E-state index is 14.8. The Labute approximate surface area is 217 Å². The Balaban J connectivity index is 1.42. The lowest BCUT2D eigenvalue weighted by Crippen LogP contribution is -2.25. The minimum atomic E-state index is -4.66. The van der Waals surface area contributed by atoms with Crippen molar-refractivity contribution in [1.29, 1.82) is 0 Å². The fourth-order valence-corrected chi connectivity index (χ4v) is 5.77. The van der Waals surface area contributed by atoms with Gasteiger partial charge in [-0.05, 0) is 67.3 Å². The summed E-state index contributed by atoms with van der Waals surface area (Å²) in [7, 11) is 0. The molecule has 0 atom stereocenters. The zero-order valence-corrected chi connectivity index (χ0v) is 20.5. The van der Waals surface area contributed by atoms with Crippen LogP contribution in [0.4, 0.5) is 30.7 Å². The van der Waals surface area contributed by atoms with Gasteiger partial charge < -0.3 is 4.74 Å². The molecule has 1 heterocycles. The molecule has 1 aliphatic carbocycles. The van der Waals surface area contributed by atoms with Gasteiger partial charge in [-0.3, -0.25) is 0 Å². The highest BCUT2D eigenvalue weighted by Gasteiger charge is 2.41. The van der Waals surface area contributed by atoms with Crippen LogP contribution < -0.4 is 4.74 Å². The number of halogens is 7. The van der Waals surface area contributed by atoms with Crippen LogP contribution in [0.25, 0.3) is 20.8 Å². The number of ether oxygens (including phenoxy) is 1. The second-order valence-electron chi connectivity index (χ2n) is 9.23. The van der Waals surface area contributed by atoms with Crippen LogP contribution in [0.5, 0.6) is 5.75 Å². The molecule has 0 unspecified atom stereocenters. The number of benzene rings is 3. The number of alkyl halides is 2. The van der Waals surface area contributed by atoms with Crippen LogP contribution in [0.2, 0.25) is 0 Å². The van der Waals surface area contributed by atoms with Crippen molar-refractivity contribution in [3.63, 3.8) is 0 Å². The van der Waals surface area contributed by atoms with Gasteiger partial charge in [-0.2, -0.15) is 8.78 Å². The summed E-state index contributed by atoms with van der Waals surface area (Å²) in [6.45, 7) is 3.87. The number of nitrogens with zero attached hydrogens (tertiary/aromatic N) is 1. The summed E-state index contributed by atoms with van der Waals surface area (Å²) in [5, 5.41) is 0.226. The minimum absolute atomic E-state index is 0.0623. The normalized spacial score (nSPS) is 18.1. The van der Waals surface area contributed by atoms with Gasteiger partial charge >= 0.3 is 6.11 Å². The molecule has 10 heteroatoms. The van der Waals surface area contributed by atoms with E-state index in [0.717, 1.165) is 35.9 Å².